The number of furan rings is 2. The number of hydrogen-bond donors (Lipinski definition) is 0. The number of anilines is 9. The van der Waals surface area contributed by atoms with Gasteiger partial charge in [0.05, 0.1) is 33.6 Å². The van der Waals surface area contributed by atoms with E-state index in [2.05, 4.69) is 410 Å². The van der Waals surface area contributed by atoms with Crippen molar-refractivity contribution in [2.45, 2.75) is 136 Å². The quantitative estimate of drug-likeness (QED) is 0.129. The van der Waals surface area contributed by atoms with Gasteiger partial charge in [0.15, 0.2) is 5.58 Å². The lowest BCUT2D eigenvalue weighted by Gasteiger charge is -2.37. The Morgan fingerprint density at radius 1 is 0.245 bits per heavy atom. The summed E-state index contributed by atoms with van der Waals surface area (Å²) in [4.78, 5) is 7.45. The van der Waals surface area contributed by atoms with Crippen LogP contribution in [-0.4, -0.2) is 0 Å². The van der Waals surface area contributed by atoms with Crippen molar-refractivity contribution >= 4 is 117 Å². The first kappa shape index (κ1) is 67.8. The number of benzene rings is 14. The highest BCUT2D eigenvalue weighted by atomic mass is 16.3. The maximum absolute atomic E-state index is 7.87. The van der Waals surface area contributed by atoms with E-state index >= 15 is 0 Å². The van der Waals surface area contributed by atoms with E-state index in [4.69, 9.17) is 8.83 Å². The van der Waals surface area contributed by atoms with Crippen LogP contribution in [0.3, 0.4) is 0 Å². The standard InChI is InChI=1S/C101H93N3O2/c1-96(2,3)66-38-40-71(41-39-66)101(72-50-60-75(61-51-72)102(73-52-42-67(43-53-73)97(4,5)6)74-54-44-68(45-55-74)98(7,8)9)82-63-87(104(77-58-48-70(49-59-77)100(13,14)15)85-35-25-29-65-27-17-19-31-79(65)85)94-91(81-33-21-23-37-89(81)105-94)92(82)93-83(101)62-86(90-80-32-20-22-36-88(80)106-95(90)93)103(76-56-46-69(47-57-76)99(10,11)12)84-34-24-28-64-26-16-18-30-78(64)84/h16-63H,1-15H3. The summed E-state index contributed by atoms with van der Waals surface area (Å²) in [6.07, 6.45) is 0. The van der Waals surface area contributed by atoms with Crippen molar-refractivity contribution in [3.05, 3.63) is 341 Å². The Morgan fingerprint density at radius 3 is 0.962 bits per heavy atom. The molecule has 1 unspecified atom stereocenters. The third kappa shape index (κ3) is 11.3. The summed E-state index contributed by atoms with van der Waals surface area (Å²) in [6.45, 7) is 34.5. The molecule has 14 aromatic carbocycles. The summed E-state index contributed by atoms with van der Waals surface area (Å²) in [7, 11) is 0. The van der Waals surface area contributed by atoms with Crippen molar-refractivity contribution in [3.63, 3.8) is 0 Å². The Bertz CT molecular complexity index is 5990. The first-order chi connectivity index (χ1) is 50.7. The Labute approximate surface area is 625 Å². The third-order valence-corrected chi connectivity index (χ3v) is 22.5. The number of fused-ring (bicyclic) bond motifs is 13. The fourth-order valence-electron chi connectivity index (χ4n) is 16.7. The van der Waals surface area contributed by atoms with E-state index in [1.54, 1.807) is 0 Å². The molecule has 106 heavy (non-hydrogen) atoms. The van der Waals surface area contributed by atoms with Crippen molar-refractivity contribution in [1.82, 2.24) is 0 Å². The van der Waals surface area contributed by atoms with Gasteiger partial charge in [-0.1, -0.05) is 298 Å². The molecule has 0 fully saturated rings. The lowest BCUT2D eigenvalue weighted by molar-refractivity contribution is 0.589. The third-order valence-electron chi connectivity index (χ3n) is 22.5. The summed E-state index contributed by atoms with van der Waals surface area (Å²) in [5, 5.41) is 8.66. The molecule has 0 amide bonds. The number of hydrogen-bond acceptors (Lipinski definition) is 5. The SMILES string of the molecule is CC(C)(C)c1ccc(N(c2ccc(C(C)(C)C)cc2)c2ccc(C3(c4ccc(C(C)(C)C)cc4)c4cc(N(c5ccc(C(C)(C)C)cc5)c5cccc6ccccc56)c5c(oc6ccccc65)c4-c4c3cc(N(c3ccc(C(C)(C)C)cc3)c3cccc5ccccc35)c3oc5ccccc5c43)cc2)cc1. The smallest absolute Gasteiger partial charge is 0.160 e. The molecule has 1 aliphatic rings. The lowest BCUT2D eigenvalue weighted by atomic mass is 9.67. The fourth-order valence-corrected chi connectivity index (χ4v) is 16.7. The van der Waals surface area contributed by atoms with Crippen molar-refractivity contribution in [3.8, 4) is 11.1 Å². The van der Waals surface area contributed by atoms with E-state index in [9.17, 15) is 0 Å². The second kappa shape index (κ2) is 24.9. The molecule has 0 spiro atoms. The molecule has 1 aliphatic carbocycles. The first-order valence-corrected chi connectivity index (χ1v) is 37.7. The molecule has 16 aromatic rings. The van der Waals surface area contributed by atoms with E-state index < -0.39 is 5.41 Å². The van der Waals surface area contributed by atoms with E-state index in [0.717, 1.165) is 150 Å². The Kier molecular flexibility index (Phi) is 15.9. The van der Waals surface area contributed by atoms with Crippen LogP contribution < -0.4 is 14.7 Å². The van der Waals surface area contributed by atoms with Gasteiger partial charge in [-0.15, -0.1) is 0 Å². The topological polar surface area (TPSA) is 36.0 Å². The van der Waals surface area contributed by atoms with Crippen LogP contribution >= 0.6 is 0 Å². The molecule has 17 rings (SSSR count). The Morgan fingerprint density at radius 2 is 0.547 bits per heavy atom. The maximum Gasteiger partial charge on any atom is 0.160 e. The van der Waals surface area contributed by atoms with Gasteiger partial charge in [-0.3, -0.25) is 0 Å². The van der Waals surface area contributed by atoms with Crippen LogP contribution in [0.15, 0.2) is 300 Å². The van der Waals surface area contributed by atoms with Crippen LogP contribution in [0.25, 0.3) is 76.5 Å². The molecule has 2 aromatic heterocycles. The van der Waals surface area contributed by atoms with Crippen molar-refractivity contribution < 1.29 is 8.83 Å². The minimum atomic E-state index is -1.09. The molecule has 0 saturated carbocycles. The normalized spacial score (nSPS) is 14.2. The number of rotatable bonds is 11. The van der Waals surface area contributed by atoms with Crippen LogP contribution in [0.1, 0.15) is 154 Å². The average Bonchev–Trinajstić information content (AvgIpc) is 1.50. The molecule has 1 atom stereocenters. The Balaban J connectivity index is 1.06. The highest BCUT2D eigenvalue weighted by Crippen LogP contribution is 2.65. The lowest BCUT2D eigenvalue weighted by Crippen LogP contribution is -2.29. The van der Waals surface area contributed by atoms with Gasteiger partial charge in [0.2, 0.25) is 0 Å². The predicted molar refractivity (Wildman–Crippen MR) is 451 cm³/mol. The minimum absolute atomic E-state index is 0.0275. The van der Waals surface area contributed by atoms with E-state index in [0.29, 0.717) is 0 Å². The molecular weight excluding hydrogens is 1290 g/mol. The van der Waals surface area contributed by atoms with Crippen LogP contribution in [-0.2, 0) is 32.5 Å². The molecule has 0 N–H and O–H groups in total. The summed E-state index contributed by atoms with van der Waals surface area (Å²) < 4.78 is 15.6. The molecular formula is C101H93N3O2. The fraction of sp³-hybridized carbons (Fsp3) is 0.208. The zero-order valence-corrected chi connectivity index (χ0v) is 63.9. The molecule has 524 valence electrons. The van der Waals surface area contributed by atoms with E-state index in [-0.39, 0.29) is 27.1 Å². The van der Waals surface area contributed by atoms with Gasteiger partial charge in [-0.05, 0) is 185 Å². The van der Waals surface area contributed by atoms with Gasteiger partial charge >= 0.3 is 0 Å². The second-order valence-corrected chi connectivity index (χ2v) is 34.6. The number of nitrogens with zero attached hydrogens (tertiary/aromatic N) is 3. The predicted octanol–water partition coefficient (Wildman–Crippen LogP) is 29.1. The van der Waals surface area contributed by atoms with Crippen LogP contribution in [0.2, 0.25) is 0 Å². The zero-order valence-electron chi connectivity index (χ0n) is 63.9. The maximum atomic E-state index is 7.87. The van der Waals surface area contributed by atoms with Gasteiger partial charge < -0.3 is 23.5 Å². The highest BCUT2D eigenvalue weighted by molar-refractivity contribution is 6.26. The highest BCUT2D eigenvalue weighted by Gasteiger charge is 2.51. The largest absolute Gasteiger partial charge is 0.455 e. The summed E-state index contributed by atoms with van der Waals surface area (Å²) in [5.74, 6) is 0. The number of para-hydroxylation sites is 2. The van der Waals surface area contributed by atoms with Crippen molar-refractivity contribution in [1.29, 1.82) is 0 Å². The summed E-state index contributed by atoms with van der Waals surface area (Å²) in [6, 6.07) is 110. The van der Waals surface area contributed by atoms with Gasteiger partial charge in [-0.2, -0.15) is 0 Å². The van der Waals surface area contributed by atoms with Crippen LogP contribution in [0.5, 0.6) is 0 Å². The average molecular weight is 1380 g/mol. The Hall–Kier alpha value is -11.4. The van der Waals surface area contributed by atoms with E-state index in [1.807, 2.05) is 0 Å². The molecule has 5 heteroatoms. The summed E-state index contributed by atoms with van der Waals surface area (Å²) in [5.41, 5.74) is 23.9. The van der Waals surface area contributed by atoms with E-state index in [1.165, 1.54) is 27.8 Å². The molecule has 2 heterocycles. The first-order valence-electron chi connectivity index (χ1n) is 37.7. The summed E-state index contributed by atoms with van der Waals surface area (Å²) >= 11 is 0. The van der Waals surface area contributed by atoms with Gasteiger partial charge in [0.1, 0.15) is 16.7 Å². The zero-order chi connectivity index (χ0) is 73.6. The molecule has 5 nitrogen and oxygen atoms in total. The van der Waals surface area contributed by atoms with Crippen molar-refractivity contribution in [2.75, 3.05) is 14.7 Å². The second-order valence-electron chi connectivity index (χ2n) is 34.6. The monoisotopic (exact) mass is 1380 g/mol. The molecule has 0 aliphatic heterocycles. The molecule has 0 radical (unpaired) electrons. The van der Waals surface area contributed by atoms with Gasteiger partial charge in [0.25, 0.3) is 0 Å². The van der Waals surface area contributed by atoms with Gasteiger partial charge in [0, 0.05) is 66.5 Å². The van der Waals surface area contributed by atoms with Crippen LogP contribution in [0.4, 0.5) is 51.2 Å². The molecule has 0 saturated heterocycles. The molecule has 0 bridgehead atoms. The van der Waals surface area contributed by atoms with Crippen molar-refractivity contribution in [2.24, 2.45) is 0 Å². The van der Waals surface area contributed by atoms with Gasteiger partial charge in [-0.25, -0.2) is 0 Å². The van der Waals surface area contributed by atoms with Crippen LogP contribution in [0, 0.1) is 0 Å². The minimum Gasteiger partial charge on any atom is -0.455 e.